The molecule has 0 aromatic carbocycles. The van der Waals surface area contributed by atoms with E-state index >= 15 is 0 Å². The Morgan fingerprint density at radius 1 is 1.20 bits per heavy atom. The third kappa shape index (κ3) is 4.96. The molecule has 5 heteroatoms. The van der Waals surface area contributed by atoms with Crippen LogP contribution in [-0.2, 0) is 0 Å². The average molecular weight is 280 g/mol. The van der Waals surface area contributed by atoms with E-state index in [1.807, 2.05) is 6.07 Å². The summed E-state index contributed by atoms with van der Waals surface area (Å²) in [6, 6.07) is 1.98. The van der Waals surface area contributed by atoms with Crippen molar-refractivity contribution >= 4 is 11.6 Å². The SMILES string of the molecule is CCCNc1cc(N(CCC)CCO)nc(C(C)C)n1. The molecule has 1 heterocycles. The molecule has 0 spiro atoms. The lowest BCUT2D eigenvalue weighted by Crippen LogP contribution is -2.29. The van der Waals surface area contributed by atoms with Crippen molar-refractivity contribution in [3.8, 4) is 0 Å². The second-order valence-electron chi connectivity index (χ2n) is 5.26. The van der Waals surface area contributed by atoms with Gasteiger partial charge in [0.25, 0.3) is 0 Å². The summed E-state index contributed by atoms with van der Waals surface area (Å²) in [6.07, 6.45) is 2.09. The zero-order chi connectivity index (χ0) is 15.0. The first kappa shape index (κ1) is 16.7. The Morgan fingerprint density at radius 2 is 1.95 bits per heavy atom. The number of aliphatic hydroxyl groups excluding tert-OH is 1. The molecular weight excluding hydrogens is 252 g/mol. The number of hydrogen-bond donors (Lipinski definition) is 2. The van der Waals surface area contributed by atoms with Crippen LogP contribution >= 0.6 is 0 Å². The van der Waals surface area contributed by atoms with Gasteiger partial charge in [-0.15, -0.1) is 0 Å². The standard InChI is InChI=1S/C15H28N4O/c1-5-7-16-13-11-14(18-15(17-13)12(3)4)19(8-6-2)9-10-20/h11-12,20H,5-10H2,1-4H3,(H,16,17,18). The molecule has 1 aromatic heterocycles. The maximum absolute atomic E-state index is 9.21. The smallest absolute Gasteiger partial charge is 0.135 e. The number of nitrogens with zero attached hydrogens (tertiary/aromatic N) is 3. The molecule has 0 aliphatic rings. The molecule has 0 aliphatic heterocycles. The third-order valence-electron chi connectivity index (χ3n) is 2.99. The van der Waals surface area contributed by atoms with Gasteiger partial charge >= 0.3 is 0 Å². The Balaban J connectivity index is 3.04. The molecule has 0 fully saturated rings. The number of anilines is 2. The minimum absolute atomic E-state index is 0.138. The summed E-state index contributed by atoms with van der Waals surface area (Å²) < 4.78 is 0. The predicted octanol–water partition coefficient (Wildman–Crippen LogP) is 2.63. The fraction of sp³-hybridized carbons (Fsp3) is 0.733. The van der Waals surface area contributed by atoms with E-state index in [9.17, 15) is 5.11 Å². The molecule has 0 amide bonds. The van der Waals surface area contributed by atoms with Crippen LogP contribution in [0.1, 0.15) is 52.3 Å². The van der Waals surface area contributed by atoms with Crippen molar-refractivity contribution in [2.24, 2.45) is 0 Å². The highest BCUT2D eigenvalue weighted by molar-refractivity contribution is 5.49. The number of nitrogens with one attached hydrogen (secondary N) is 1. The highest BCUT2D eigenvalue weighted by Gasteiger charge is 2.12. The van der Waals surface area contributed by atoms with Crippen LogP contribution in [-0.4, -0.2) is 41.3 Å². The van der Waals surface area contributed by atoms with E-state index in [2.05, 4.69) is 47.9 Å². The number of hydrogen-bond acceptors (Lipinski definition) is 5. The van der Waals surface area contributed by atoms with Gasteiger partial charge in [0.2, 0.25) is 0 Å². The molecule has 0 unspecified atom stereocenters. The fourth-order valence-electron chi connectivity index (χ4n) is 1.95. The molecule has 1 aromatic rings. The van der Waals surface area contributed by atoms with Gasteiger partial charge in [-0.25, -0.2) is 9.97 Å². The summed E-state index contributed by atoms with van der Waals surface area (Å²) in [7, 11) is 0. The largest absolute Gasteiger partial charge is 0.395 e. The van der Waals surface area contributed by atoms with Crippen LogP contribution in [0.15, 0.2) is 6.07 Å². The van der Waals surface area contributed by atoms with Gasteiger partial charge in [0.1, 0.15) is 17.5 Å². The molecule has 0 saturated carbocycles. The van der Waals surface area contributed by atoms with Crippen LogP contribution in [0.2, 0.25) is 0 Å². The van der Waals surface area contributed by atoms with Gasteiger partial charge in [-0.05, 0) is 12.8 Å². The molecule has 0 bridgehead atoms. The minimum atomic E-state index is 0.138. The van der Waals surface area contributed by atoms with Crippen LogP contribution in [0.25, 0.3) is 0 Å². The van der Waals surface area contributed by atoms with Crippen LogP contribution in [0.5, 0.6) is 0 Å². The maximum Gasteiger partial charge on any atom is 0.135 e. The second-order valence-corrected chi connectivity index (χ2v) is 5.26. The van der Waals surface area contributed by atoms with E-state index in [1.54, 1.807) is 0 Å². The molecule has 2 N–H and O–H groups in total. The van der Waals surface area contributed by atoms with Gasteiger partial charge < -0.3 is 15.3 Å². The van der Waals surface area contributed by atoms with Gasteiger partial charge in [0.05, 0.1) is 6.61 Å². The zero-order valence-corrected chi connectivity index (χ0v) is 13.2. The lowest BCUT2D eigenvalue weighted by molar-refractivity contribution is 0.301. The van der Waals surface area contributed by atoms with Crippen LogP contribution in [0, 0.1) is 0 Å². The molecule has 0 radical (unpaired) electrons. The molecule has 20 heavy (non-hydrogen) atoms. The van der Waals surface area contributed by atoms with E-state index < -0.39 is 0 Å². The average Bonchev–Trinajstić information content (AvgIpc) is 2.44. The number of aromatic nitrogens is 2. The summed E-state index contributed by atoms with van der Waals surface area (Å²) in [6.45, 7) is 11.0. The van der Waals surface area contributed by atoms with E-state index in [0.29, 0.717) is 6.54 Å². The molecule has 0 saturated heterocycles. The summed E-state index contributed by atoms with van der Waals surface area (Å²) in [5.41, 5.74) is 0. The second kappa shape index (κ2) is 8.74. The number of aliphatic hydroxyl groups is 1. The van der Waals surface area contributed by atoms with Crippen LogP contribution < -0.4 is 10.2 Å². The highest BCUT2D eigenvalue weighted by Crippen LogP contribution is 2.20. The first-order valence-electron chi connectivity index (χ1n) is 7.61. The van der Waals surface area contributed by atoms with Gasteiger partial charge in [0.15, 0.2) is 0 Å². The summed E-state index contributed by atoms with van der Waals surface area (Å²) >= 11 is 0. The van der Waals surface area contributed by atoms with Crippen molar-refractivity contribution in [3.05, 3.63) is 11.9 Å². The van der Waals surface area contributed by atoms with Crippen molar-refractivity contribution < 1.29 is 5.11 Å². The van der Waals surface area contributed by atoms with Crippen molar-refractivity contribution in [1.29, 1.82) is 0 Å². The number of rotatable bonds is 9. The molecule has 5 nitrogen and oxygen atoms in total. The third-order valence-corrected chi connectivity index (χ3v) is 2.99. The lowest BCUT2D eigenvalue weighted by Gasteiger charge is -2.23. The molecule has 1 rings (SSSR count). The van der Waals surface area contributed by atoms with Crippen molar-refractivity contribution in [3.63, 3.8) is 0 Å². The first-order chi connectivity index (χ1) is 9.62. The summed E-state index contributed by atoms with van der Waals surface area (Å²) in [5, 5.41) is 12.5. The van der Waals surface area contributed by atoms with Crippen molar-refractivity contribution in [2.75, 3.05) is 36.5 Å². The normalized spacial score (nSPS) is 10.9. The Morgan fingerprint density at radius 3 is 2.50 bits per heavy atom. The van der Waals surface area contributed by atoms with E-state index in [0.717, 1.165) is 43.4 Å². The van der Waals surface area contributed by atoms with Crippen LogP contribution in [0.4, 0.5) is 11.6 Å². The quantitative estimate of drug-likeness (QED) is 0.728. The first-order valence-corrected chi connectivity index (χ1v) is 7.61. The molecular formula is C15H28N4O. The Labute approximate surface area is 122 Å². The maximum atomic E-state index is 9.21. The predicted molar refractivity (Wildman–Crippen MR) is 84.5 cm³/mol. The van der Waals surface area contributed by atoms with E-state index in [1.165, 1.54) is 0 Å². The van der Waals surface area contributed by atoms with Gasteiger partial charge in [-0.1, -0.05) is 27.7 Å². The van der Waals surface area contributed by atoms with Crippen molar-refractivity contribution in [1.82, 2.24) is 9.97 Å². The monoisotopic (exact) mass is 280 g/mol. The van der Waals surface area contributed by atoms with Gasteiger partial charge in [-0.3, -0.25) is 0 Å². The van der Waals surface area contributed by atoms with Crippen molar-refractivity contribution in [2.45, 2.75) is 46.5 Å². The van der Waals surface area contributed by atoms with E-state index in [4.69, 9.17) is 0 Å². The fourth-order valence-corrected chi connectivity index (χ4v) is 1.95. The van der Waals surface area contributed by atoms with E-state index in [-0.39, 0.29) is 12.5 Å². The summed E-state index contributed by atoms with van der Waals surface area (Å²) in [5.74, 6) is 2.91. The Hall–Kier alpha value is -1.36. The highest BCUT2D eigenvalue weighted by atomic mass is 16.3. The molecule has 114 valence electrons. The van der Waals surface area contributed by atoms with Gasteiger partial charge in [0, 0.05) is 31.6 Å². The molecule has 0 atom stereocenters. The lowest BCUT2D eigenvalue weighted by atomic mass is 10.2. The summed E-state index contributed by atoms with van der Waals surface area (Å²) in [4.78, 5) is 11.3. The van der Waals surface area contributed by atoms with Gasteiger partial charge in [-0.2, -0.15) is 0 Å². The molecule has 0 aliphatic carbocycles. The minimum Gasteiger partial charge on any atom is -0.395 e. The zero-order valence-electron chi connectivity index (χ0n) is 13.2. The Kier molecular flexibility index (Phi) is 7.30. The Bertz CT molecular complexity index is 389. The van der Waals surface area contributed by atoms with Crippen LogP contribution in [0.3, 0.4) is 0 Å². The topological polar surface area (TPSA) is 61.3 Å².